The number of ketones is 1. The lowest BCUT2D eigenvalue weighted by atomic mass is 10.1. The van der Waals surface area contributed by atoms with Crippen LogP contribution in [0.5, 0.6) is 0 Å². The number of nitrogens with one attached hydrogen (secondary N) is 1. The van der Waals surface area contributed by atoms with E-state index in [1.807, 2.05) is 45.9 Å². The lowest BCUT2D eigenvalue weighted by molar-refractivity contribution is 0.101. The Labute approximate surface area is 205 Å². The monoisotopic (exact) mass is 482 g/mol. The number of nitrogens with zero attached hydrogens (tertiary/aromatic N) is 5. The highest BCUT2D eigenvalue weighted by Gasteiger charge is 2.24. The first kappa shape index (κ1) is 21.9. The molecule has 0 bridgehead atoms. The number of morpholine rings is 1. The van der Waals surface area contributed by atoms with Gasteiger partial charge in [0, 0.05) is 36.4 Å². The quantitative estimate of drug-likeness (QED) is 0.296. The molecular weight excluding hydrogens is 460 g/mol. The van der Waals surface area contributed by atoms with Crippen molar-refractivity contribution in [3.05, 3.63) is 77.0 Å². The van der Waals surface area contributed by atoms with Gasteiger partial charge in [-0.2, -0.15) is 4.98 Å². The molecule has 1 saturated heterocycles. The average Bonchev–Trinajstić information content (AvgIpc) is 3.32. The smallest absolute Gasteiger partial charge is 0.349 e. The van der Waals surface area contributed by atoms with Gasteiger partial charge in [-0.25, -0.2) is 14.8 Å². The van der Waals surface area contributed by atoms with Crippen molar-refractivity contribution in [2.45, 2.75) is 6.92 Å². The first-order valence-corrected chi connectivity index (χ1v) is 11.6. The number of carbonyl (C=O) groups is 1. The average molecular weight is 483 g/mol. The summed E-state index contributed by atoms with van der Waals surface area (Å²) in [5, 5.41) is 3.87. The Morgan fingerprint density at radius 3 is 2.72 bits per heavy atom. The third-order valence-electron chi connectivity index (χ3n) is 6.16. The Balaban J connectivity index is 1.38. The van der Waals surface area contributed by atoms with Crippen LogP contribution in [0.2, 0.25) is 0 Å². The van der Waals surface area contributed by atoms with Gasteiger partial charge in [0.1, 0.15) is 23.3 Å². The van der Waals surface area contributed by atoms with Gasteiger partial charge in [-0.05, 0) is 37.3 Å². The molecule has 0 aliphatic carbocycles. The van der Waals surface area contributed by atoms with Crippen LogP contribution in [0.1, 0.15) is 17.3 Å². The second kappa shape index (κ2) is 8.90. The number of carbonyl (C=O) groups excluding carboxylic acids is 1. The second-order valence-corrected chi connectivity index (χ2v) is 8.45. The number of fused-ring (bicyclic) bond motifs is 2. The molecule has 2 aromatic carbocycles. The van der Waals surface area contributed by atoms with E-state index in [1.54, 1.807) is 24.7 Å². The van der Waals surface area contributed by atoms with Crippen LogP contribution in [0.4, 0.5) is 17.3 Å². The summed E-state index contributed by atoms with van der Waals surface area (Å²) < 4.78 is 12.9. The van der Waals surface area contributed by atoms with E-state index in [4.69, 9.17) is 9.15 Å². The number of anilines is 3. The van der Waals surface area contributed by atoms with Crippen LogP contribution >= 0.6 is 0 Å². The molecule has 10 heteroatoms. The lowest BCUT2D eigenvalue weighted by Gasteiger charge is -2.30. The summed E-state index contributed by atoms with van der Waals surface area (Å²) in [4.78, 5) is 40.5. The van der Waals surface area contributed by atoms with Crippen LogP contribution in [-0.4, -0.2) is 51.6 Å². The van der Waals surface area contributed by atoms with Crippen molar-refractivity contribution >= 4 is 45.1 Å². The fourth-order valence-corrected chi connectivity index (χ4v) is 4.50. The molecule has 1 fully saturated rings. The van der Waals surface area contributed by atoms with Gasteiger partial charge in [0.25, 0.3) is 0 Å². The van der Waals surface area contributed by atoms with Crippen molar-refractivity contribution in [1.82, 2.24) is 19.5 Å². The molecule has 6 rings (SSSR count). The normalized spacial score (nSPS) is 13.9. The summed E-state index contributed by atoms with van der Waals surface area (Å²) in [5.41, 5.74) is 2.82. The van der Waals surface area contributed by atoms with Gasteiger partial charge >= 0.3 is 5.63 Å². The topological polar surface area (TPSA) is 115 Å². The van der Waals surface area contributed by atoms with E-state index >= 15 is 0 Å². The number of aromatic nitrogens is 4. The van der Waals surface area contributed by atoms with E-state index in [2.05, 4.69) is 20.3 Å². The molecule has 36 heavy (non-hydrogen) atoms. The summed E-state index contributed by atoms with van der Waals surface area (Å²) >= 11 is 0. The SMILES string of the molecule is CC(=O)c1c(N2CCOCC2)c2ccc(Nc3nccc(-n4cnc5ccccc54)n3)cc2oc1=O. The highest BCUT2D eigenvalue weighted by Crippen LogP contribution is 2.32. The Morgan fingerprint density at radius 2 is 1.89 bits per heavy atom. The zero-order chi connectivity index (χ0) is 24.6. The Bertz CT molecular complexity index is 1670. The number of rotatable bonds is 5. The maximum absolute atomic E-state index is 12.8. The summed E-state index contributed by atoms with van der Waals surface area (Å²) in [7, 11) is 0. The van der Waals surface area contributed by atoms with Gasteiger partial charge < -0.3 is 19.4 Å². The van der Waals surface area contributed by atoms with Gasteiger partial charge in [0.05, 0.1) is 29.9 Å². The number of imidazole rings is 1. The zero-order valence-electron chi connectivity index (χ0n) is 19.5. The van der Waals surface area contributed by atoms with E-state index in [9.17, 15) is 9.59 Å². The highest BCUT2D eigenvalue weighted by molar-refractivity contribution is 6.07. The third-order valence-corrected chi connectivity index (χ3v) is 6.16. The molecule has 5 aromatic rings. The maximum Gasteiger partial charge on any atom is 0.349 e. The minimum absolute atomic E-state index is 0.0636. The van der Waals surface area contributed by atoms with Crippen LogP contribution in [0.3, 0.4) is 0 Å². The minimum Gasteiger partial charge on any atom is -0.422 e. The Morgan fingerprint density at radius 1 is 1.06 bits per heavy atom. The van der Waals surface area contributed by atoms with Crippen LogP contribution in [-0.2, 0) is 4.74 Å². The fraction of sp³-hybridized carbons (Fsp3) is 0.192. The molecule has 0 spiro atoms. The number of benzene rings is 2. The predicted octanol–water partition coefficient (Wildman–Crippen LogP) is 3.70. The Hall–Kier alpha value is -4.57. The van der Waals surface area contributed by atoms with Gasteiger partial charge in [0.15, 0.2) is 5.78 Å². The number of hydrogen-bond donors (Lipinski definition) is 1. The first-order valence-electron chi connectivity index (χ1n) is 11.6. The lowest BCUT2D eigenvalue weighted by Crippen LogP contribution is -2.38. The largest absolute Gasteiger partial charge is 0.422 e. The van der Waals surface area contributed by atoms with E-state index < -0.39 is 5.63 Å². The molecule has 10 nitrogen and oxygen atoms in total. The van der Waals surface area contributed by atoms with Crippen LogP contribution in [0.25, 0.3) is 27.8 Å². The molecule has 1 N–H and O–H groups in total. The third kappa shape index (κ3) is 3.87. The van der Waals surface area contributed by atoms with E-state index in [-0.39, 0.29) is 11.3 Å². The molecule has 0 saturated carbocycles. The van der Waals surface area contributed by atoms with Crippen molar-refractivity contribution in [1.29, 1.82) is 0 Å². The Kier molecular flexibility index (Phi) is 5.42. The van der Waals surface area contributed by atoms with Gasteiger partial charge in [-0.15, -0.1) is 0 Å². The van der Waals surface area contributed by atoms with Crippen LogP contribution in [0.15, 0.2) is 70.3 Å². The van der Waals surface area contributed by atoms with Crippen molar-refractivity contribution in [3.63, 3.8) is 0 Å². The molecule has 0 unspecified atom stereocenters. The van der Waals surface area contributed by atoms with Gasteiger partial charge in [-0.1, -0.05) is 12.1 Å². The molecule has 0 amide bonds. The van der Waals surface area contributed by atoms with Crippen LogP contribution < -0.4 is 15.8 Å². The van der Waals surface area contributed by atoms with Crippen molar-refractivity contribution in [3.8, 4) is 5.82 Å². The number of Topliss-reactive ketones (excluding diaryl/α,β-unsaturated/α-hetero) is 1. The molecule has 1 aliphatic rings. The molecule has 1 aliphatic heterocycles. The van der Waals surface area contributed by atoms with E-state index in [1.165, 1.54) is 6.92 Å². The minimum atomic E-state index is -0.654. The van der Waals surface area contributed by atoms with E-state index in [0.717, 1.165) is 11.0 Å². The van der Waals surface area contributed by atoms with Gasteiger partial charge in [-0.3, -0.25) is 9.36 Å². The number of ether oxygens (including phenoxy) is 1. The standard InChI is InChI=1S/C26H22N6O4/c1-16(33)23-24(31-10-12-35-13-11-31)18-7-6-17(14-21(18)36-25(23)34)29-26-27-9-8-22(30-26)32-15-28-19-4-2-3-5-20(19)32/h2-9,14-15H,10-13H2,1H3,(H,27,29,30). The van der Waals surface area contributed by atoms with Crippen molar-refractivity contribution in [2.75, 3.05) is 36.5 Å². The molecule has 4 heterocycles. The van der Waals surface area contributed by atoms with Crippen LogP contribution in [0, 0.1) is 0 Å². The summed E-state index contributed by atoms with van der Waals surface area (Å²) in [6.45, 7) is 3.60. The molecule has 180 valence electrons. The van der Waals surface area contributed by atoms with Crippen molar-refractivity contribution < 1.29 is 13.9 Å². The second-order valence-electron chi connectivity index (χ2n) is 8.45. The first-order chi connectivity index (χ1) is 17.6. The summed E-state index contributed by atoms with van der Waals surface area (Å²) in [6, 6.07) is 15.0. The molecule has 3 aromatic heterocycles. The summed E-state index contributed by atoms with van der Waals surface area (Å²) in [5.74, 6) is 0.710. The molecular formula is C26H22N6O4. The molecule has 0 atom stereocenters. The predicted molar refractivity (Wildman–Crippen MR) is 135 cm³/mol. The zero-order valence-corrected chi connectivity index (χ0v) is 19.5. The van der Waals surface area contributed by atoms with Gasteiger partial charge in [0.2, 0.25) is 5.95 Å². The number of para-hydroxylation sites is 2. The molecule has 0 radical (unpaired) electrons. The highest BCUT2D eigenvalue weighted by atomic mass is 16.5. The fourth-order valence-electron chi connectivity index (χ4n) is 4.50. The van der Waals surface area contributed by atoms with E-state index in [0.29, 0.717) is 60.4 Å². The maximum atomic E-state index is 12.8. The van der Waals surface area contributed by atoms with Crippen molar-refractivity contribution in [2.24, 2.45) is 0 Å². The number of hydrogen-bond acceptors (Lipinski definition) is 9. The summed E-state index contributed by atoms with van der Waals surface area (Å²) in [6.07, 6.45) is 3.39.